The zero-order valence-electron chi connectivity index (χ0n) is 10.0. The SMILES string of the molecule is C=Cc1ccnc2cc(-c3ccc(C=O)cn3)sc12. The van der Waals surface area contributed by atoms with Crippen LogP contribution in [-0.2, 0) is 0 Å². The predicted octanol–water partition coefficient (Wildman–Crippen LogP) is 3.81. The van der Waals surface area contributed by atoms with Gasteiger partial charge in [-0.1, -0.05) is 12.7 Å². The van der Waals surface area contributed by atoms with Crippen molar-refractivity contribution in [2.75, 3.05) is 0 Å². The summed E-state index contributed by atoms with van der Waals surface area (Å²) in [5.74, 6) is 0. The average molecular weight is 266 g/mol. The third-order valence-corrected chi connectivity index (χ3v) is 4.03. The minimum Gasteiger partial charge on any atom is -0.298 e. The lowest BCUT2D eigenvalue weighted by Crippen LogP contribution is -1.83. The highest BCUT2D eigenvalue weighted by Gasteiger charge is 2.08. The summed E-state index contributed by atoms with van der Waals surface area (Å²) in [6, 6.07) is 7.57. The molecule has 0 spiro atoms. The lowest BCUT2D eigenvalue weighted by molar-refractivity contribution is 0.112. The minimum absolute atomic E-state index is 0.578. The summed E-state index contributed by atoms with van der Waals surface area (Å²) in [6.07, 6.45) is 5.97. The van der Waals surface area contributed by atoms with E-state index in [1.165, 1.54) is 0 Å². The van der Waals surface area contributed by atoms with E-state index < -0.39 is 0 Å². The normalized spacial score (nSPS) is 10.5. The van der Waals surface area contributed by atoms with E-state index in [2.05, 4.69) is 16.5 Å². The number of carbonyl (C=O) groups is 1. The van der Waals surface area contributed by atoms with Gasteiger partial charge in [-0.15, -0.1) is 11.3 Å². The summed E-state index contributed by atoms with van der Waals surface area (Å²) in [5, 5.41) is 0. The van der Waals surface area contributed by atoms with Crippen LogP contribution in [0.2, 0.25) is 0 Å². The first-order valence-electron chi connectivity index (χ1n) is 5.74. The molecule has 0 saturated heterocycles. The summed E-state index contributed by atoms with van der Waals surface area (Å²) in [6.45, 7) is 3.81. The van der Waals surface area contributed by atoms with Gasteiger partial charge in [0.2, 0.25) is 0 Å². The van der Waals surface area contributed by atoms with Gasteiger partial charge in [-0.2, -0.15) is 0 Å². The molecule has 0 aromatic carbocycles. The first-order chi connectivity index (χ1) is 9.31. The van der Waals surface area contributed by atoms with Crippen LogP contribution in [0.5, 0.6) is 0 Å². The molecule has 3 rings (SSSR count). The van der Waals surface area contributed by atoms with Crippen LogP contribution >= 0.6 is 11.3 Å². The van der Waals surface area contributed by atoms with Gasteiger partial charge in [0.1, 0.15) is 0 Å². The molecule has 4 heteroatoms. The fourth-order valence-electron chi connectivity index (χ4n) is 1.87. The monoisotopic (exact) mass is 266 g/mol. The molecule has 0 unspecified atom stereocenters. The number of hydrogen-bond acceptors (Lipinski definition) is 4. The molecule has 19 heavy (non-hydrogen) atoms. The summed E-state index contributed by atoms with van der Waals surface area (Å²) in [5.41, 5.74) is 3.45. The molecule has 0 radical (unpaired) electrons. The van der Waals surface area contributed by atoms with Crippen molar-refractivity contribution in [1.29, 1.82) is 0 Å². The lowest BCUT2D eigenvalue weighted by Gasteiger charge is -1.95. The van der Waals surface area contributed by atoms with Crippen molar-refractivity contribution >= 4 is 33.9 Å². The predicted molar refractivity (Wildman–Crippen MR) is 78.3 cm³/mol. The molecule has 0 fully saturated rings. The number of hydrogen-bond donors (Lipinski definition) is 0. The Morgan fingerprint density at radius 1 is 1.21 bits per heavy atom. The first-order valence-corrected chi connectivity index (χ1v) is 6.56. The van der Waals surface area contributed by atoms with Crippen LogP contribution in [0.1, 0.15) is 15.9 Å². The van der Waals surface area contributed by atoms with Crippen molar-refractivity contribution in [2.24, 2.45) is 0 Å². The summed E-state index contributed by atoms with van der Waals surface area (Å²) in [7, 11) is 0. The smallest absolute Gasteiger partial charge is 0.151 e. The Hall–Kier alpha value is -2.33. The molecule has 0 atom stereocenters. The quantitative estimate of drug-likeness (QED) is 0.677. The minimum atomic E-state index is 0.578. The highest BCUT2D eigenvalue weighted by atomic mass is 32.1. The maximum atomic E-state index is 10.6. The van der Waals surface area contributed by atoms with Gasteiger partial charge in [-0.25, -0.2) is 0 Å². The van der Waals surface area contributed by atoms with Crippen LogP contribution in [0.3, 0.4) is 0 Å². The zero-order chi connectivity index (χ0) is 13.2. The largest absolute Gasteiger partial charge is 0.298 e. The molecule has 0 N–H and O–H groups in total. The molecule has 0 bridgehead atoms. The van der Waals surface area contributed by atoms with Gasteiger partial charge < -0.3 is 0 Å². The molecule has 0 amide bonds. The van der Waals surface area contributed by atoms with Crippen LogP contribution in [0.25, 0.3) is 26.9 Å². The molecule has 3 aromatic heterocycles. The van der Waals surface area contributed by atoms with E-state index in [4.69, 9.17) is 0 Å². The Bertz CT molecular complexity index is 759. The van der Waals surface area contributed by atoms with Crippen LogP contribution in [0.15, 0.2) is 43.2 Å². The van der Waals surface area contributed by atoms with Crippen LogP contribution in [0, 0.1) is 0 Å². The number of nitrogens with zero attached hydrogens (tertiary/aromatic N) is 2. The van der Waals surface area contributed by atoms with Gasteiger partial charge in [-0.3, -0.25) is 14.8 Å². The second kappa shape index (κ2) is 4.74. The van der Waals surface area contributed by atoms with Crippen molar-refractivity contribution in [3.8, 4) is 10.6 Å². The van der Waals surface area contributed by atoms with Crippen LogP contribution in [0.4, 0.5) is 0 Å². The number of thiophene rings is 1. The second-order valence-electron chi connectivity index (χ2n) is 4.02. The zero-order valence-corrected chi connectivity index (χ0v) is 10.9. The van der Waals surface area contributed by atoms with E-state index in [1.807, 2.05) is 24.3 Å². The molecule has 3 heterocycles. The molecule has 92 valence electrons. The van der Waals surface area contributed by atoms with Gasteiger partial charge in [0.25, 0.3) is 0 Å². The summed E-state index contributed by atoms with van der Waals surface area (Å²) in [4.78, 5) is 20.3. The van der Waals surface area contributed by atoms with Crippen molar-refractivity contribution in [3.05, 3.63) is 54.4 Å². The van der Waals surface area contributed by atoms with Crippen molar-refractivity contribution in [2.45, 2.75) is 0 Å². The molecule has 0 aliphatic heterocycles. The average Bonchev–Trinajstić information content (AvgIpc) is 2.91. The van der Waals surface area contributed by atoms with E-state index in [1.54, 1.807) is 29.8 Å². The first kappa shape index (κ1) is 11.7. The third-order valence-electron chi connectivity index (χ3n) is 2.84. The summed E-state index contributed by atoms with van der Waals surface area (Å²) < 4.78 is 1.11. The van der Waals surface area contributed by atoms with E-state index in [9.17, 15) is 4.79 Å². The lowest BCUT2D eigenvalue weighted by atomic mass is 10.2. The molecule has 3 nitrogen and oxygen atoms in total. The Morgan fingerprint density at radius 2 is 2.11 bits per heavy atom. The molecular formula is C15H10N2OS. The van der Waals surface area contributed by atoms with Gasteiger partial charge >= 0.3 is 0 Å². The van der Waals surface area contributed by atoms with E-state index >= 15 is 0 Å². The van der Waals surface area contributed by atoms with Crippen molar-refractivity contribution in [3.63, 3.8) is 0 Å². The second-order valence-corrected chi connectivity index (χ2v) is 5.08. The molecule has 0 saturated carbocycles. The van der Waals surface area contributed by atoms with Crippen LogP contribution in [-0.4, -0.2) is 16.3 Å². The maximum absolute atomic E-state index is 10.6. The topological polar surface area (TPSA) is 42.9 Å². The number of pyridine rings is 2. The third kappa shape index (κ3) is 2.06. The Kier molecular flexibility index (Phi) is 2.93. The van der Waals surface area contributed by atoms with Gasteiger partial charge in [0.05, 0.1) is 20.8 Å². The Balaban J connectivity index is 2.14. The highest BCUT2D eigenvalue weighted by molar-refractivity contribution is 7.22. The van der Waals surface area contributed by atoms with Gasteiger partial charge in [0, 0.05) is 18.0 Å². The maximum Gasteiger partial charge on any atom is 0.151 e. The van der Waals surface area contributed by atoms with Crippen molar-refractivity contribution < 1.29 is 4.79 Å². The fraction of sp³-hybridized carbons (Fsp3) is 0. The highest BCUT2D eigenvalue weighted by Crippen LogP contribution is 2.33. The summed E-state index contributed by atoms with van der Waals surface area (Å²) >= 11 is 1.63. The molecule has 0 aliphatic carbocycles. The number of rotatable bonds is 3. The van der Waals surface area contributed by atoms with Gasteiger partial charge in [0.15, 0.2) is 6.29 Å². The number of carbonyl (C=O) groups excluding carboxylic acids is 1. The van der Waals surface area contributed by atoms with E-state index in [-0.39, 0.29) is 0 Å². The molecule has 0 aliphatic rings. The number of fused-ring (bicyclic) bond motifs is 1. The Labute approximate surface area is 114 Å². The fourth-order valence-corrected chi connectivity index (χ4v) is 2.97. The van der Waals surface area contributed by atoms with Gasteiger partial charge in [-0.05, 0) is 29.8 Å². The molecule has 3 aromatic rings. The van der Waals surface area contributed by atoms with Crippen LogP contribution < -0.4 is 0 Å². The number of aldehydes is 1. The van der Waals surface area contributed by atoms with Crippen molar-refractivity contribution in [1.82, 2.24) is 9.97 Å². The van der Waals surface area contributed by atoms with E-state index in [0.717, 1.165) is 32.6 Å². The standard InChI is InChI=1S/C15H10N2OS/c1-2-11-5-6-16-13-7-14(19-15(11)13)12-4-3-10(9-18)8-17-12/h2-9H,1H2. The Morgan fingerprint density at radius 3 is 2.79 bits per heavy atom. The number of aromatic nitrogens is 2. The molecular weight excluding hydrogens is 256 g/mol. The van der Waals surface area contributed by atoms with E-state index in [0.29, 0.717) is 5.56 Å².